The Morgan fingerprint density at radius 1 is 0.273 bits per heavy atom. The molecule has 0 aromatic heterocycles. The molecule has 0 aliphatic carbocycles. The van der Waals surface area contributed by atoms with Crippen LogP contribution < -0.4 is 0 Å². The molecule has 1 unspecified atom stereocenters. The lowest BCUT2D eigenvalue weighted by Crippen LogP contribution is -2.30. The summed E-state index contributed by atoms with van der Waals surface area (Å²) in [6.45, 7) is 6.46. The topological polar surface area (TPSA) is 78.9 Å². The zero-order valence-electron chi connectivity index (χ0n) is 50.2. The maximum atomic E-state index is 12.9. The average Bonchev–Trinajstić information content (AvgIpc) is 3.43. The lowest BCUT2D eigenvalue weighted by molar-refractivity contribution is -0.167. The molecule has 0 N–H and O–H groups in total. The molecule has 0 fully saturated rings. The summed E-state index contributed by atoms with van der Waals surface area (Å²) in [6.07, 6.45) is 89.0. The fourth-order valence-electron chi connectivity index (χ4n) is 8.62. The first-order valence-corrected chi connectivity index (χ1v) is 32.0. The SMILES string of the molecule is CC/C=C\C/C=C\C/C=C\C/C=C\CCCCCCC(=O)OCC(COC(=O)CCCCCCCCCC/C=C\C/C=C\C/C=C\CCCCCCC)OC(=O)CCCCCCCC/C=C\C/C=C\C/C=C\CCCCC. The summed E-state index contributed by atoms with van der Waals surface area (Å²) in [4.78, 5) is 38.4. The van der Waals surface area contributed by atoms with Gasteiger partial charge in [0.1, 0.15) is 13.2 Å². The molecule has 0 spiro atoms. The van der Waals surface area contributed by atoms with Crippen molar-refractivity contribution in [3.05, 3.63) is 122 Å². The van der Waals surface area contributed by atoms with Gasteiger partial charge in [-0.3, -0.25) is 14.4 Å². The number of hydrogen-bond acceptors (Lipinski definition) is 6. The van der Waals surface area contributed by atoms with Crippen molar-refractivity contribution in [1.29, 1.82) is 0 Å². The molecule has 6 heteroatoms. The normalized spacial score (nSPS) is 12.9. The minimum absolute atomic E-state index is 0.0980. The maximum Gasteiger partial charge on any atom is 0.306 e. The molecule has 0 aromatic rings. The van der Waals surface area contributed by atoms with Crippen LogP contribution in [0.1, 0.15) is 290 Å². The van der Waals surface area contributed by atoms with Crippen molar-refractivity contribution in [3.8, 4) is 0 Å². The van der Waals surface area contributed by atoms with Gasteiger partial charge in [0.25, 0.3) is 0 Å². The Balaban J connectivity index is 4.46. The molecule has 438 valence electrons. The van der Waals surface area contributed by atoms with Gasteiger partial charge in [-0.1, -0.05) is 258 Å². The first kappa shape index (κ1) is 72.8. The number of allylic oxidation sites excluding steroid dienone is 20. The Kier molecular flexibility index (Phi) is 60.8. The van der Waals surface area contributed by atoms with E-state index in [1.54, 1.807) is 0 Å². The first-order chi connectivity index (χ1) is 38.0. The number of carbonyl (C=O) groups excluding carboxylic acids is 3. The Labute approximate surface area is 475 Å². The van der Waals surface area contributed by atoms with Gasteiger partial charge in [0.15, 0.2) is 6.10 Å². The molecule has 0 aromatic carbocycles. The van der Waals surface area contributed by atoms with Crippen molar-refractivity contribution in [2.45, 2.75) is 297 Å². The van der Waals surface area contributed by atoms with E-state index in [1.165, 1.54) is 109 Å². The van der Waals surface area contributed by atoms with E-state index >= 15 is 0 Å². The van der Waals surface area contributed by atoms with Crippen LogP contribution in [0.2, 0.25) is 0 Å². The number of esters is 3. The van der Waals surface area contributed by atoms with Crippen LogP contribution in [-0.2, 0) is 28.6 Å². The second kappa shape index (κ2) is 64.3. The van der Waals surface area contributed by atoms with Gasteiger partial charge in [0.05, 0.1) is 0 Å². The van der Waals surface area contributed by atoms with Gasteiger partial charge in [-0.05, 0) is 135 Å². The molecule has 0 bridgehead atoms. The van der Waals surface area contributed by atoms with Crippen molar-refractivity contribution >= 4 is 17.9 Å². The molecule has 0 amide bonds. The van der Waals surface area contributed by atoms with E-state index in [9.17, 15) is 14.4 Å². The lowest BCUT2D eigenvalue weighted by Gasteiger charge is -2.18. The van der Waals surface area contributed by atoms with E-state index in [2.05, 4.69) is 142 Å². The van der Waals surface area contributed by atoms with Crippen LogP contribution in [-0.4, -0.2) is 37.2 Å². The number of unbranched alkanes of at least 4 members (excludes halogenated alkanes) is 26. The molecule has 77 heavy (non-hydrogen) atoms. The van der Waals surface area contributed by atoms with E-state index in [4.69, 9.17) is 14.2 Å². The fourth-order valence-corrected chi connectivity index (χ4v) is 8.62. The van der Waals surface area contributed by atoms with Crippen molar-refractivity contribution in [2.75, 3.05) is 13.2 Å². The zero-order valence-corrected chi connectivity index (χ0v) is 50.2. The van der Waals surface area contributed by atoms with Crippen LogP contribution in [0.25, 0.3) is 0 Å². The third kappa shape index (κ3) is 62.5. The van der Waals surface area contributed by atoms with Crippen molar-refractivity contribution in [2.24, 2.45) is 0 Å². The van der Waals surface area contributed by atoms with E-state index in [0.29, 0.717) is 19.3 Å². The van der Waals surface area contributed by atoms with Crippen LogP contribution in [0, 0.1) is 0 Å². The van der Waals surface area contributed by atoms with Gasteiger partial charge >= 0.3 is 17.9 Å². The monoisotopic (exact) mass is 1070 g/mol. The summed E-state index contributed by atoms with van der Waals surface area (Å²) in [7, 11) is 0. The molecule has 1 atom stereocenters. The number of rotatable bonds is 57. The summed E-state index contributed by atoms with van der Waals surface area (Å²) in [5.74, 6) is -0.938. The highest BCUT2D eigenvalue weighted by Crippen LogP contribution is 2.15. The standard InChI is InChI=1S/C71H118O6/c1-4-7-10-13-16-19-22-25-28-31-33-34-35-36-38-40-43-46-49-52-55-58-61-64-70(73)76-67-68(66-75-69(72)63-60-57-54-51-48-45-42-39-30-27-24-21-18-15-12-9-6-3)77-71(74)65-62-59-56-53-50-47-44-41-37-32-29-26-23-20-17-14-11-8-5-2/h9,12,17-18,20-22,25-27,29-31,33,35-37,41-42,45,68H,4-8,10-11,13-16,19,23-24,28,32,34,38-40,43-44,46-67H2,1-3H3/b12-9-,20-17-,21-18-,25-22-,29-26-,30-27-,33-31-,36-35-,41-37-,45-42-. The summed E-state index contributed by atoms with van der Waals surface area (Å²) in [5, 5.41) is 0. The Morgan fingerprint density at radius 2 is 0.506 bits per heavy atom. The molecular weight excluding hydrogens is 949 g/mol. The van der Waals surface area contributed by atoms with Crippen LogP contribution in [0.3, 0.4) is 0 Å². The van der Waals surface area contributed by atoms with Crippen LogP contribution in [0.4, 0.5) is 0 Å². The predicted molar refractivity (Wildman–Crippen MR) is 334 cm³/mol. The van der Waals surface area contributed by atoms with E-state index in [-0.39, 0.29) is 31.1 Å². The minimum atomic E-state index is -0.804. The van der Waals surface area contributed by atoms with Gasteiger partial charge in [0, 0.05) is 19.3 Å². The van der Waals surface area contributed by atoms with Crippen molar-refractivity contribution in [3.63, 3.8) is 0 Å². The van der Waals surface area contributed by atoms with Crippen LogP contribution in [0.5, 0.6) is 0 Å². The van der Waals surface area contributed by atoms with Crippen molar-refractivity contribution < 1.29 is 28.6 Å². The van der Waals surface area contributed by atoms with E-state index in [0.717, 1.165) is 141 Å². The summed E-state index contributed by atoms with van der Waals surface area (Å²) >= 11 is 0. The highest BCUT2D eigenvalue weighted by molar-refractivity contribution is 5.71. The Bertz CT molecular complexity index is 1600. The van der Waals surface area contributed by atoms with Gasteiger partial charge in [-0.25, -0.2) is 0 Å². The van der Waals surface area contributed by atoms with E-state index < -0.39 is 6.10 Å². The second-order valence-electron chi connectivity index (χ2n) is 20.9. The molecule has 6 nitrogen and oxygen atoms in total. The molecule has 0 radical (unpaired) electrons. The molecule has 0 saturated carbocycles. The smallest absolute Gasteiger partial charge is 0.306 e. The highest BCUT2D eigenvalue weighted by atomic mass is 16.6. The third-order valence-corrected chi connectivity index (χ3v) is 13.4. The second-order valence-corrected chi connectivity index (χ2v) is 20.9. The quantitative estimate of drug-likeness (QED) is 0.0261. The van der Waals surface area contributed by atoms with Gasteiger partial charge < -0.3 is 14.2 Å². The third-order valence-electron chi connectivity index (χ3n) is 13.4. The van der Waals surface area contributed by atoms with E-state index in [1.807, 2.05) is 0 Å². The van der Waals surface area contributed by atoms with Crippen LogP contribution in [0.15, 0.2) is 122 Å². The number of ether oxygens (including phenoxy) is 3. The van der Waals surface area contributed by atoms with Crippen LogP contribution >= 0.6 is 0 Å². The number of hydrogen-bond donors (Lipinski definition) is 0. The molecule has 0 saturated heterocycles. The highest BCUT2D eigenvalue weighted by Gasteiger charge is 2.19. The zero-order chi connectivity index (χ0) is 55.7. The Hall–Kier alpha value is -4.19. The van der Waals surface area contributed by atoms with Gasteiger partial charge in [0.2, 0.25) is 0 Å². The largest absolute Gasteiger partial charge is 0.462 e. The molecule has 0 heterocycles. The molecule has 0 aliphatic rings. The van der Waals surface area contributed by atoms with Crippen molar-refractivity contribution in [1.82, 2.24) is 0 Å². The molecule has 0 rings (SSSR count). The minimum Gasteiger partial charge on any atom is -0.462 e. The summed E-state index contributed by atoms with van der Waals surface area (Å²) < 4.78 is 16.9. The predicted octanol–water partition coefficient (Wildman–Crippen LogP) is 22.0. The summed E-state index contributed by atoms with van der Waals surface area (Å²) in [5.41, 5.74) is 0. The summed E-state index contributed by atoms with van der Waals surface area (Å²) in [6, 6.07) is 0. The van der Waals surface area contributed by atoms with Gasteiger partial charge in [-0.2, -0.15) is 0 Å². The lowest BCUT2D eigenvalue weighted by atomic mass is 10.1. The Morgan fingerprint density at radius 3 is 0.818 bits per heavy atom. The number of carbonyl (C=O) groups is 3. The average molecular weight is 1070 g/mol. The maximum absolute atomic E-state index is 12.9. The van der Waals surface area contributed by atoms with Gasteiger partial charge in [-0.15, -0.1) is 0 Å². The first-order valence-electron chi connectivity index (χ1n) is 32.0. The molecule has 0 aliphatic heterocycles. The molecular formula is C71H118O6. The fraction of sp³-hybridized carbons (Fsp3) is 0.676.